The number of rotatable bonds is 9. The van der Waals surface area contributed by atoms with Gasteiger partial charge in [-0.05, 0) is 33.7 Å². The molecule has 3 aromatic rings. The van der Waals surface area contributed by atoms with Crippen molar-refractivity contribution in [3.8, 4) is 5.88 Å². The van der Waals surface area contributed by atoms with E-state index in [-0.39, 0.29) is 13.1 Å². The van der Waals surface area contributed by atoms with Gasteiger partial charge in [-0.1, -0.05) is 0 Å². The fraction of sp³-hybridized carbons (Fsp3) is 0.654. The predicted molar refractivity (Wildman–Crippen MR) is 153 cm³/mol. The zero-order chi connectivity index (χ0) is 29.1. The van der Waals surface area contributed by atoms with Crippen molar-refractivity contribution in [2.75, 3.05) is 63.1 Å². The number of aryl methyl sites for hydroxylation is 2. The number of alkyl halides is 1. The molecule has 0 aromatic carbocycles. The lowest BCUT2D eigenvalue weighted by Gasteiger charge is -2.26. The molecule has 5 heterocycles. The fourth-order valence-corrected chi connectivity index (χ4v) is 5.02. The molecule has 0 radical (unpaired) electrons. The van der Waals surface area contributed by atoms with E-state index in [9.17, 15) is 9.18 Å². The Balaban J connectivity index is 1.32. The van der Waals surface area contributed by atoms with Crippen LogP contribution < -0.4 is 25.6 Å². The Hall–Kier alpha value is -3.72. The molecular weight excluding hydrogens is 533 g/mol. The molecule has 0 aliphatic carbocycles. The van der Waals surface area contributed by atoms with Crippen LogP contribution in [0.1, 0.15) is 27.2 Å². The van der Waals surface area contributed by atoms with E-state index in [0.29, 0.717) is 34.5 Å². The van der Waals surface area contributed by atoms with Gasteiger partial charge >= 0.3 is 6.09 Å². The molecule has 2 saturated heterocycles. The Labute approximate surface area is 238 Å². The molecule has 1 amide bonds. The number of imidazole rings is 1. The van der Waals surface area contributed by atoms with Crippen LogP contribution in [-0.2, 0) is 18.3 Å². The lowest BCUT2D eigenvalue weighted by Crippen LogP contribution is -2.44. The summed E-state index contributed by atoms with van der Waals surface area (Å²) in [7, 11) is 3.41. The van der Waals surface area contributed by atoms with Gasteiger partial charge in [-0.2, -0.15) is 9.97 Å². The topological polar surface area (TPSA) is 140 Å². The van der Waals surface area contributed by atoms with Crippen LogP contribution in [0.3, 0.4) is 0 Å². The van der Waals surface area contributed by atoms with Crippen molar-refractivity contribution in [2.24, 2.45) is 7.05 Å². The van der Waals surface area contributed by atoms with E-state index in [1.165, 1.54) is 0 Å². The van der Waals surface area contributed by atoms with Gasteiger partial charge < -0.3 is 39.8 Å². The van der Waals surface area contributed by atoms with Gasteiger partial charge in [0.1, 0.15) is 17.5 Å². The number of carbonyl (C=O) groups excluding carboxylic acids is 1. The van der Waals surface area contributed by atoms with E-state index in [1.807, 2.05) is 17.9 Å². The minimum Gasteiger partial charge on any atom is -0.478 e. The molecule has 224 valence electrons. The molecule has 0 unspecified atom stereocenters. The number of aromatic nitrogens is 6. The summed E-state index contributed by atoms with van der Waals surface area (Å²) >= 11 is 0. The van der Waals surface area contributed by atoms with Gasteiger partial charge in [-0.3, -0.25) is 4.68 Å². The third kappa shape index (κ3) is 6.96. The van der Waals surface area contributed by atoms with E-state index in [1.54, 1.807) is 43.7 Å². The molecule has 3 aromatic heterocycles. The van der Waals surface area contributed by atoms with Crippen molar-refractivity contribution in [1.82, 2.24) is 44.8 Å². The van der Waals surface area contributed by atoms with Crippen LogP contribution in [0.15, 0.2) is 12.5 Å². The molecule has 0 saturated carbocycles. The van der Waals surface area contributed by atoms with E-state index in [2.05, 4.69) is 35.9 Å². The molecule has 41 heavy (non-hydrogen) atoms. The average molecular weight is 574 g/mol. The smallest absolute Gasteiger partial charge is 0.408 e. The van der Waals surface area contributed by atoms with E-state index >= 15 is 0 Å². The molecule has 0 bridgehead atoms. The van der Waals surface area contributed by atoms with Crippen molar-refractivity contribution in [2.45, 2.75) is 51.6 Å². The molecule has 2 aliphatic heterocycles. The molecule has 0 spiro atoms. The quantitative estimate of drug-likeness (QED) is 0.344. The fourth-order valence-electron chi connectivity index (χ4n) is 5.02. The largest absolute Gasteiger partial charge is 0.478 e. The van der Waals surface area contributed by atoms with Gasteiger partial charge in [0.05, 0.1) is 32.2 Å². The minimum absolute atomic E-state index is 0.0254. The van der Waals surface area contributed by atoms with Crippen LogP contribution in [0.5, 0.6) is 5.88 Å². The molecule has 2 aliphatic rings. The first-order valence-corrected chi connectivity index (χ1v) is 14.0. The first-order chi connectivity index (χ1) is 19.6. The molecule has 2 atom stereocenters. The molecule has 5 rings (SSSR count). The second kappa shape index (κ2) is 12.0. The number of anilines is 3. The third-order valence-corrected chi connectivity index (χ3v) is 7.03. The maximum Gasteiger partial charge on any atom is 0.408 e. The molecule has 3 N–H and O–H groups in total. The highest BCUT2D eigenvalue weighted by Gasteiger charge is 2.37. The number of alkyl carbamates (subject to hydrolysis) is 1. The number of hydrogen-bond acceptors (Lipinski definition) is 11. The average Bonchev–Trinajstić information content (AvgIpc) is 3.60. The second-order valence-electron chi connectivity index (χ2n) is 11.5. The van der Waals surface area contributed by atoms with Crippen molar-refractivity contribution in [1.29, 1.82) is 0 Å². The summed E-state index contributed by atoms with van der Waals surface area (Å²) in [6.45, 7) is 11.4. The van der Waals surface area contributed by atoms with E-state index in [4.69, 9.17) is 14.5 Å². The highest BCUT2D eigenvalue weighted by atomic mass is 19.1. The summed E-state index contributed by atoms with van der Waals surface area (Å²) in [5.74, 6) is 1.20. The van der Waals surface area contributed by atoms with Crippen molar-refractivity contribution >= 4 is 34.7 Å². The maximum atomic E-state index is 15.0. The normalized spacial score (nSPS) is 20.0. The first kappa shape index (κ1) is 28.8. The molecular formula is C26H40FN11O3. The van der Waals surface area contributed by atoms with Gasteiger partial charge in [0.2, 0.25) is 5.95 Å². The Morgan fingerprint density at radius 2 is 1.98 bits per heavy atom. The number of hydrogen-bond donors (Lipinski definition) is 3. The highest BCUT2D eigenvalue weighted by Crippen LogP contribution is 2.31. The standard InChI is InChI=1S/C26H40FN11O3/c1-26(2,3)41-25(39)31-18-14-37(13-17(18)27)24-32-21(20-22(33-24)35(4)16-29-20)30-19-15-38(34-23(19)40-5)10-6-9-36-11-7-28-8-12-36/h15-18,28H,6-14H2,1-5H3,(H,31,39)(H,30,32,33)/t17-,18-/m1/s1. The number of halogens is 1. The van der Waals surface area contributed by atoms with Gasteiger partial charge in [-0.15, -0.1) is 5.10 Å². The van der Waals surface area contributed by atoms with E-state index in [0.717, 1.165) is 45.7 Å². The number of amides is 1. The third-order valence-electron chi connectivity index (χ3n) is 7.03. The highest BCUT2D eigenvalue weighted by molar-refractivity contribution is 5.87. The lowest BCUT2D eigenvalue weighted by atomic mass is 10.2. The number of methoxy groups -OCH3 is 1. The van der Waals surface area contributed by atoms with Crippen LogP contribution in [-0.4, -0.2) is 111 Å². The second-order valence-corrected chi connectivity index (χ2v) is 11.5. The minimum atomic E-state index is -1.32. The van der Waals surface area contributed by atoms with E-state index < -0.39 is 23.9 Å². The number of nitrogens with one attached hydrogen (secondary N) is 3. The zero-order valence-corrected chi connectivity index (χ0v) is 24.4. The summed E-state index contributed by atoms with van der Waals surface area (Å²) in [6.07, 6.45) is 2.53. The Bertz CT molecular complexity index is 1350. The Morgan fingerprint density at radius 3 is 2.71 bits per heavy atom. The summed E-state index contributed by atoms with van der Waals surface area (Å²) in [5, 5.41) is 13.9. The Kier molecular flexibility index (Phi) is 8.45. The first-order valence-electron chi connectivity index (χ1n) is 14.0. The van der Waals surface area contributed by atoms with Crippen molar-refractivity contribution < 1.29 is 18.7 Å². The molecule has 15 heteroatoms. The number of ether oxygens (including phenoxy) is 2. The van der Waals surface area contributed by atoms with Crippen molar-refractivity contribution in [3.05, 3.63) is 12.5 Å². The maximum absolute atomic E-state index is 15.0. The molecule has 2 fully saturated rings. The van der Waals surface area contributed by atoms with Gasteiger partial charge in [-0.25, -0.2) is 14.2 Å². The monoisotopic (exact) mass is 573 g/mol. The summed E-state index contributed by atoms with van der Waals surface area (Å²) in [5.41, 5.74) is 1.10. The van der Waals surface area contributed by atoms with Crippen molar-refractivity contribution in [3.63, 3.8) is 0 Å². The number of carbonyl (C=O) groups is 1. The zero-order valence-electron chi connectivity index (χ0n) is 24.4. The summed E-state index contributed by atoms with van der Waals surface area (Å²) in [4.78, 5) is 30.3. The van der Waals surface area contributed by atoms with Crippen LogP contribution >= 0.6 is 0 Å². The summed E-state index contributed by atoms with van der Waals surface area (Å²) in [6, 6.07) is -0.758. The van der Waals surface area contributed by atoms with Crippen LogP contribution in [0.25, 0.3) is 11.2 Å². The van der Waals surface area contributed by atoms with Crippen LogP contribution in [0.4, 0.5) is 26.6 Å². The van der Waals surface area contributed by atoms with Gasteiger partial charge in [0.15, 0.2) is 17.0 Å². The van der Waals surface area contributed by atoms with Gasteiger partial charge in [0, 0.05) is 46.3 Å². The number of fused-ring (bicyclic) bond motifs is 1. The van der Waals surface area contributed by atoms with Crippen LogP contribution in [0, 0.1) is 0 Å². The lowest BCUT2D eigenvalue weighted by molar-refractivity contribution is 0.0490. The predicted octanol–water partition coefficient (Wildman–Crippen LogP) is 1.66. The number of nitrogens with zero attached hydrogens (tertiary/aromatic N) is 8. The van der Waals surface area contributed by atoms with Gasteiger partial charge in [0.25, 0.3) is 5.88 Å². The van der Waals surface area contributed by atoms with Crippen LogP contribution in [0.2, 0.25) is 0 Å². The Morgan fingerprint density at radius 1 is 1.20 bits per heavy atom. The summed E-state index contributed by atoms with van der Waals surface area (Å²) < 4.78 is 29.5. The number of piperazine rings is 1. The molecule has 14 nitrogen and oxygen atoms in total. The SMILES string of the molecule is COc1nn(CCCN2CCNCC2)cc1Nc1nc(N2C[C@@H](F)[C@H](NC(=O)OC(C)(C)C)C2)nc2c1ncn2C.